The number of hydrogen-bond acceptors (Lipinski definition) is 2. The van der Waals surface area contributed by atoms with Crippen LogP contribution in [-0.4, -0.2) is 13.7 Å². The van der Waals surface area contributed by atoms with Gasteiger partial charge in [0.15, 0.2) is 0 Å². The number of allylic oxidation sites excluding steroid dienone is 9. The van der Waals surface area contributed by atoms with Gasteiger partial charge in [-0.15, -0.1) is 0 Å². The van der Waals surface area contributed by atoms with Crippen LogP contribution < -0.4 is 10.5 Å². The topological polar surface area (TPSA) is 35.2 Å². The molecule has 2 heteroatoms. The Bertz CT molecular complexity index is 687. The lowest BCUT2D eigenvalue weighted by atomic mass is 9.97. The Labute approximate surface area is 152 Å². The third-order valence-electron chi connectivity index (χ3n) is 4.30. The lowest BCUT2D eigenvalue weighted by Gasteiger charge is -2.09. The summed E-state index contributed by atoms with van der Waals surface area (Å²) < 4.78 is 5.26. The van der Waals surface area contributed by atoms with Gasteiger partial charge >= 0.3 is 0 Å². The summed E-state index contributed by atoms with van der Waals surface area (Å²) in [6.07, 6.45) is 20.1. The van der Waals surface area contributed by atoms with Crippen LogP contribution in [0.4, 0.5) is 0 Å². The van der Waals surface area contributed by atoms with Crippen LogP contribution in [0.25, 0.3) is 5.57 Å². The largest absolute Gasteiger partial charge is 0.497 e. The van der Waals surface area contributed by atoms with E-state index in [1.807, 2.05) is 18.2 Å². The van der Waals surface area contributed by atoms with Crippen molar-refractivity contribution in [3.63, 3.8) is 0 Å². The predicted octanol–water partition coefficient (Wildman–Crippen LogP) is 5.60. The molecule has 0 saturated heterocycles. The molecule has 0 bridgehead atoms. The van der Waals surface area contributed by atoms with E-state index in [0.717, 1.165) is 5.75 Å². The predicted molar refractivity (Wildman–Crippen MR) is 109 cm³/mol. The van der Waals surface area contributed by atoms with E-state index >= 15 is 0 Å². The molecular formula is C23H29NO. The number of hydrogen-bond donors (Lipinski definition) is 1. The van der Waals surface area contributed by atoms with Crippen molar-refractivity contribution in [3.8, 4) is 5.75 Å². The summed E-state index contributed by atoms with van der Waals surface area (Å²) in [7, 11) is 1.69. The first-order chi connectivity index (χ1) is 12.2. The first-order valence-corrected chi connectivity index (χ1v) is 8.99. The molecule has 0 aliphatic heterocycles. The molecule has 2 nitrogen and oxygen atoms in total. The van der Waals surface area contributed by atoms with Crippen molar-refractivity contribution in [1.29, 1.82) is 0 Å². The first kappa shape index (κ1) is 19.0. The van der Waals surface area contributed by atoms with Crippen LogP contribution in [-0.2, 0) is 0 Å². The van der Waals surface area contributed by atoms with E-state index in [9.17, 15) is 0 Å². The van der Waals surface area contributed by atoms with E-state index in [-0.39, 0.29) is 0 Å². The molecule has 0 aromatic heterocycles. The highest BCUT2D eigenvalue weighted by atomic mass is 16.5. The molecule has 0 fully saturated rings. The molecule has 25 heavy (non-hydrogen) atoms. The zero-order chi connectivity index (χ0) is 17.9. The summed E-state index contributed by atoms with van der Waals surface area (Å²) in [6.45, 7) is 2.63. The highest BCUT2D eigenvalue weighted by Crippen LogP contribution is 2.23. The fraction of sp³-hybridized carbons (Fsp3) is 0.304. The van der Waals surface area contributed by atoms with Gasteiger partial charge in [0.1, 0.15) is 5.75 Å². The maximum atomic E-state index is 5.55. The summed E-state index contributed by atoms with van der Waals surface area (Å²) in [5.41, 5.74) is 10.5. The Hall–Kier alpha value is -2.32. The Morgan fingerprint density at radius 1 is 1.16 bits per heavy atom. The lowest BCUT2D eigenvalue weighted by Crippen LogP contribution is -1.93. The Morgan fingerprint density at radius 2 is 1.96 bits per heavy atom. The molecular weight excluding hydrogens is 306 g/mol. The second-order valence-corrected chi connectivity index (χ2v) is 6.25. The molecule has 132 valence electrons. The molecule has 1 aliphatic carbocycles. The minimum atomic E-state index is 0.569. The number of rotatable bonds is 7. The standard InChI is InChI=1S/C23H29NO/c1-19(17-18-24)7-6-10-21(12-11-20-8-4-3-5-9-20)22-13-15-23(25-2)16-14-22/h6-8,10-17H,3-5,9,18,24H2,1-2H3/b7-6+,12-11+,19-17+,21-10-. The first-order valence-electron chi connectivity index (χ1n) is 8.99. The van der Waals surface area contributed by atoms with E-state index in [4.69, 9.17) is 10.5 Å². The third-order valence-corrected chi connectivity index (χ3v) is 4.30. The smallest absolute Gasteiger partial charge is 0.118 e. The van der Waals surface area contributed by atoms with Crippen LogP contribution in [0.2, 0.25) is 0 Å². The third kappa shape index (κ3) is 6.60. The molecule has 0 heterocycles. The second-order valence-electron chi connectivity index (χ2n) is 6.25. The van der Waals surface area contributed by atoms with Gasteiger partial charge in [0.2, 0.25) is 0 Å². The summed E-state index contributed by atoms with van der Waals surface area (Å²) in [6, 6.07) is 8.20. The molecule has 1 aromatic rings. The molecule has 0 amide bonds. The average molecular weight is 335 g/mol. The van der Waals surface area contributed by atoms with Crippen molar-refractivity contribution in [2.45, 2.75) is 32.6 Å². The van der Waals surface area contributed by atoms with Crippen molar-refractivity contribution < 1.29 is 4.74 Å². The van der Waals surface area contributed by atoms with Crippen LogP contribution in [0, 0.1) is 0 Å². The van der Waals surface area contributed by atoms with Gasteiger partial charge in [0.25, 0.3) is 0 Å². The van der Waals surface area contributed by atoms with E-state index in [1.165, 1.54) is 48.0 Å². The minimum Gasteiger partial charge on any atom is -0.497 e. The van der Waals surface area contributed by atoms with Crippen molar-refractivity contribution in [3.05, 3.63) is 83.5 Å². The van der Waals surface area contributed by atoms with Crippen LogP contribution in [0.5, 0.6) is 5.75 Å². The molecule has 0 atom stereocenters. The van der Waals surface area contributed by atoms with Gasteiger partial charge in [0, 0.05) is 6.54 Å². The number of benzene rings is 1. The molecule has 0 spiro atoms. The van der Waals surface area contributed by atoms with Gasteiger partial charge in [-0.05, 0) is 55.9 Å². The molecule has 1 aromatic carbocycles. The normalized spacial score (nSPS) is 16.5. The van der Waals surface area contributed by atoms with Gasteiger partial charge < -0.3 is 10.5 Å². The molecule has 0 saturated carbocycles. The van der Waals surface area contributed by atoms with Crippen LogP contribution in [0.1, 0.15) is 38.2 Å². The van der Waals surface area contributed by atoms with Gasteiger partial charge in [0.05, 0.1) is 7.11 Å². The minimum absolute atomic E-state index is 0.569. The monoisotopic (exact) mass is 335 g/mol. The zero-order valence-corrected chi connectivity index (χ0v) is 15.4. The van der Waals surface area contributed by atoms with Gasteiger partial charge in [-0.25, -0.2) is 0 Å². The van der Waals surface area contributed by atoms with E-state index in [2.05, 4.69) is 55.5 Å². The van der Waals surface area contributed by atoms with Crippen molar-refractivity contribution >= 4 is 5.57 Å². The van der Waals surface area contributed by atoms with Crippen LogP contribution >= 0.6 is 0 Å². The molecule has 2 N–H and O–H groups in total. The highest BCUT2D eigenvalue weighted by Gasteiger charge is 2.02. The summed E-state index contributed by atoms with van der Waals surface area (Å²) in [5, 5.41) is 0. The van der Waals surface area contributed by atoms with Crippen LogP contribution in [0.15, 0.2) is 77.9 Å². The Morgan fingerprint density at radius 3 is 2.60 bits per heavy atom. The number of nitrogens with two attached hydrogens (primary N) is 1. The summed E-state index contributed by atoms with van der Waals surface area (Å²) in [4.78, 5) is 0. The molecule has 0 unspecified atom stereocenters. The SMILES string of the molecule is COc1ccc(C(=C\C=C\C(C)=C\CN)/C=C/C2=CCCCC2)cc1. The van der Waals surface area contributed by atoms with Crippen LogP contribution in [0.3, 0.4) is 0 Å². The Kier molecular flexibility index (Phi) is 8.00. The molecule has 1 aliphatic rings. The zero-order valence-electron chi connectivity index (χ0n) is 15.4. The summed E-state index contributed by atoms with van der Waals surface area (Å²) >= 11 is 0. The van der Waals surface area contributed by atoms with Crippen molar-refractivity contribution in [1.82, 2.24) is 0 Å². The fourth-order valence-electron chi connectivity index (χ4n) is 2.80. The average Bonchev–Trinajstić information content (AvgIpc) is 2.65. The van der Waals surface area contributed by atoms with Gasteiger partial charge in [-0.2, -0.15) is 0 Å². The Balaban J connectivity index is 2.24. The second kappa shape index (κ2) is 10.5. The quantitative estimate of drug-likeness (QED) is 0.659. The van der Waals surface area contributed by atoms with E-state index in [1.54, 1.807) is 7.11 Å². The lowest BCUT2D eigenvalue weighted by molar-refractivity contribution is 0.415. The van der Waals surface area contributed by atoms with E-state index < -0.39 is 0 Å². The van der Waals surface area contributed by atoms with E-state index in [0.29, 0.717) is 6.54 Å². The maximum absolute atomic E-state index is 5.55. The molecule has 2 rings (SSSR count). The fourth-order valence-corrected chi connectivity index (χ4v) is 2.80. The van der Waals surface area contributed by atoms with Gasteiger partial charge in [-0.1, -0.05) is 65.8 Å². The van der Waals surface area contributed by atoms with Gasteiger partial charge in [-0.3, -0.25) is 0 Å². The highest BCUT2D eigenvalue weighted by molar-refractivity contribution is 5.76. The number of ether oxygens (including phenoxy) is 1. The van der Waals surface area contributed by atoms with Crippen molar-refractivity contribution in [2.75, 3.05) is 13.7 Å². The molecule has 0 radical (unpaired) electrons. The summed E-state index contributed by atoms with van der Waals surface area (Å²) in [5.74, 6) is 0.874. The number of methoxy groups -OCH3 is 1. The maximum Gasteiger partial charge on any atom is 0.118 e. The van der Waals surface area contributed by atoms with Crippen molar-refractivity contribution in [2.24, 2.45) is 5.73 Å².